The van der Waals surface area contributed by atoms with Gasteiger partial charge in [-0.25, -0.2) is 0 Å². The highest BCUT2D eigenvalue weighted by Gasteiger charge is 2.26. The van der Waals surface area contributed by atoms with Crippen molar-refractivity contribution in [2.24, 2.45) is 29.1 Å². The topological polar surface area (TPSA) is 0 Å². The summed E-state index contributed by atoms with van der Waals surface area (Å²) in [5.41, 5.74) is 0.498. The first-order valence-corrected chi connectivity index (χ1v) is 9.71. The fourth-order valence-electron chi connectivity index (χ4n) is 3.73. The molecule has 0 nitrogen and oxygen atoms in total. The second-order valence-corrected chi connectivity index (χ2v) is 9.03. The van der Waals surface area contributed by atoms with E-state index in [1.165, 1.54) is 51.4 Å². The smallest absolute Gasteiger partial charge is 0.0360 e. The summed E-state index contributed by atoms with van der Waals surface area (Å²) in [6.07, 6.45) is 11.3. The van der Waals surface area contributed by atoms with E-state index in [1.54, 1.807) is 0 Å². The van der Waals surface area contributed by atoms with E-state index in [9.17, 15) is 0 Å². The van der Waals surface area contributed by atoms with Gasteiger partial charge in [0, 0.05) is 0 Å². The third-order valence-corrected chi connectivity index (χ3v) is 5.15. The van der Waals surface area contributed by atoms with E-state index in [2.05, 4.69) is 55.4 Å². The maximum Gasteiger partial charge on any atom is -0.0360 e. The largest absolute Gasteiger partial charge is 0.0654 e. The van der Waals surface area contributed by atoms with Crippen molar-refractivity contribution in [2.75, 3.05) is 0 Å². The Balaban J connectivity index is 4.70. The van der Waals surface area contributed by atoms with Crippen molar-refractivity contribution in [3.05, 3.63) is 0 Å². The van der Waals surface area contributed by atoms with Gasteiger partial charge in [-0.3, -0.25) is 0 Å². The maximum atomic E-state index is 2.50. The standard InChI is InChI=1S/C21H44/c1-9-11-14-20(18(5)10-2)19(16-17(3)4)13-12-15-21(6,7)8/h17-20H,9-16H2,1-8H3. The lowest BCUT2D eigenvalue weighted by molar-refractivity contribution is 0.169. The third kappa shape index (κ3) is 10.4. The lowest BCUT2D eigenvalue weighted by Crippen LogP contribution is -2.24. The third-order valence-electron chi connectivity index (χ3n) is 5.15. The van der Waals surface area contributed by atoms with Crippen molar-refractivity contribution in [2.45, 2.75) is 107 Å². The summed E-state index contributed by atoms with van der Waals surface area (Å²) >= 11 is 0. The minimum atomic E-state index is 0.498. The molecule has 0 heteroatoms. The predicted molar refractivity (Wildman–Crippen MR) is 98.7 cm³/mol. The van der Waals surface area contributed by atoms with Gasteiger partial charge in [0.05, 0.1) is 0 Å². The molecule has 0 fully saturated rings. The predicted octanol–water partition coefficient (Wildman–Crippen LogP) is 7.72. The molecule has 21 heavy (non-hydrogen) atoms. The molecule has 0 aromatic rings. The van der Waals surface area contributed by atoms with Crippen LogP contribution in [0.5, 0.6) is 0 Å². The van der Waals surface area contributed by atoms with Crippen molar-refractivity contribution < 1.29 is 0 Å². The molecular weight excluding hydrogens is 252 g/mol. The first-order valence-electron chi connectivity index (χ1n) is 9.71. The fraction of sp³-hybridized carbons (Fsp3) is 1.00. The van der Waals surface area contributed by atoms with Crippen LogP contribution >= 0.6 is 0 Å². The van der Waals surface area contributed by atoms with Gasteiger partial charge >= 0.3 is 0 Å². The SMILES string of the molecule is CCCCC(C(C)CC)C(CCCC(C)(C)C)CC(C)C. The van der Waals surface area contributed by atoms with Gasteiger partial charge in [-0.05, 0) is 48.3 Å². The quantitative estimate of drug-likeness (QED) is 0.366. The molecule has 0 amide bonds. The highest BCUT2D eigenvalue weighted by molar-refractivity contribution is 4.77. The van der Waals surface area contributed by atoms with E-state index >= 15 is 0 Å². The Bertz CT molecular complexity index is 233. The van der Waals surface area contributed by atoms with Gasteiger partial charge in [-0.2, -0.15) is 0 Å². The van der Waals surface area contributed by atoms with Crippen LogP contribution in [0.1, 0.15) is 107 Å². The molecule has 3 unspecified atom stereocenters. The molecule has 0 bridgehead atoms. The molecule has 0 radical (unpaired) electrons. The molecule has 0 aromatic heterocycles. The lowest BCUT2D eigenvalue weighted by Gasteiger charge is -2.34. The average molecular weight is 297 g/mol. The Hall–Kier alpha value is 0. The summed E-state index contributed by atoms with van der Waals surface area (Å²) in [4.78, 5) is 0. The Morgan fingerprint density at radius 2 is 1.48 bits per heavy atom. The summed E-state index contributed by atoms with van der Waals surface area (Å²) in [6, 6.07) is 0. The van der Waals surface area contributed by atoms with Crippen LogP contribution in [0.4, 0.5) is 0 Å². The van der Waals surface area contributed by atoms with E-state index < -0.39 is 0 Å². The van der Waals surface area contributed by atoms with Crippen LogP contribution in [0.3, 0.4) is 0 Å². The zero-order valence-electron chi connectivity index (χ0n) is 16.5. The number of unbranched alkanes of at least 4 members (excludes halogenated alkanes) is 1. The molecule has 0 saturated heterocycles. The summed E-state index contributed by atoms with van der Waals surface area (Å²) < 4.78 is 0. The zero-order chi connectivity index (χ0) is 16.5. The van der Waals surface area contributed by atoms with Crippen molar-refractivity contribution in [3.63, 3.8) is 0 Å². The second-order valence-electron chi connectivity index (χ2n) is 9.03. The van der Waals surface area contributed by atoms with Gasteiger partial charge in [-0.15, -0.1) is 0 Å². The molecular formula is C21H44. The van der Waals surface area contributed by atoms with Gasteiger partial charge in [0.2, 0.25) is 0 Å². The molecule has 128 valence electrons. The van der Waals surface area contributed by atoms with E-state index in [0.717, 1.165) is 23.7 Å². The molecule has 0 spiro atoms. The first kappa shape index (κ1) is 21.0. The molecule has 0 saturated carbocycles. The summed E-state index contributed by atoms with van der Waals surface area (Å²) in [7, 11) is 0. The lowest BCUT2D eigenvalue weighted by atomic mass is 9.72. The molecule has 0 aliphatic carbocycles. The van der Waals surface area contributed by atoms with Gasteiger partial charge in [0.25, 0.3) is 0 Å². The molecule has 0 aliphatic heterocycles. The van der Waals surface area contributed by atoms with Gasteiger partial charge in [0.15, 0.2) is 0 Å². The summed E-state index contributed by atoms with van der Waals surface area (Å²) in [5.74, 6) is 3.65. The zero-order valence-corrected chi connectivity index (χ0v) is 16.5. The van der Waals surface area contributed by atoms with Crippen molar-refractivity contribution in [1.29, 1.82) is 0 Å². The van der Waals surface area contributed by atoms with Gasteiger partial charge < -0.3 is 0 Å². The van der Waals surface area contributed by atoms with Crippen molar-refractivity contribution in [1.82, 2.24) is 0 Å². The monoisotopic (exact) mass is 296 g/mol. The van der Waals surface area contributed by atoms with Crippen molar-refractivity contribution in [3.8, 4) is 0 Å². The van der Waals surface area contributed by atoms with E-state index in [-0.39, 0.29) is 0 Å². The maximum absolute atomic E-state index is 2.50. The highest BCUT2D eigenvalue weighted by atomic mass is 14.3. The van der Waals surface area contributed by atoms with Crippen LogP contribution in [0.15, 0.2) is 0 Å². The van der Waals surface area contributed by atoms with E-state index in [1.807, 2.05) is 0 Å². The fourth-order valence-corrected chi connectivity index (χ4v) is 3.73. The molecule has 0 rings (SSSR count). The van der Waals surface area contributed by atoms with Crippen molar-refractivity contribution >= 4 is 0 Å². The van der Waals surface area contributed by atoms with Crippen LogP contribution < -0.4 is 0 Å². The number of hydrogen-bond donors (Lipinski definition) is 0. The summed E-state index contributed by atoms with van der Waals surface area (Å²) in [6.45, 7) is 19.2. The molecule has 0 N–H and O–H groups in total. The minimum absolute atomic E-state index is 0.498. The average Bonchev–Trinajstić information content (AvgIpc) is 2.36. The van der Waals surface area contributed by atoms with E-state index in [4.69, 9.17) is 0 Å². The van der Waals surface area contributed by atoms with Crippen LogP contribution in [0.25, 0.3) is 0 Å². The molecule has 0 heterocycles. The number of hydrogen-bond acceptors (Lipinski definition) is 0. The highest BCUT2D eigenvalue weighted by Crippen LogP contribution is 2.37. The Morgan fingerprint density at radius 3 is 1.90 bits per heavy atom. The van der Waals surface area contributed by atoms with Crippen LogP contribution in [0, 0.1) is 29.1 Å². The van der Waals surface area contributed by atoms with Crippen LogP contribution in [0.2, 0.25) is 0 Å². The second kappa shape index (κ2) is 10.7. The Kier molecular flexibility index (Phi) is 10.7. The van der Waals surface area contributed by atoms with E-state index in [0.29, 0.717) is 5.41 Å². The molecule has 3 atom stereocenters. The first-order chi connectivity index (χ1) is 9.71. The van der Waals surface area contributed by atoms with Crippen LogP contribution in [-0.2, 0) is 0 Å². The Labute approximate surface area is 136 Å². The number of rotatable bonds is 11. The Morgan fingerprint density at radius 1 is 0.857 bits per heavy atom. The van der Waals surface area contributed by atoms with Gasteiger partial charge in [0.1, 0.15) is 0 Å². The molecule has 0 aliphatic rings. The minimum Gasteiger partial charge on any atom is -0.0654 e. The summed E-state index contributed by atoms with van der Waals surface area (Å²) in [5, 5.41) is 0. The normalized spacial score (nSPS) is 17.0. The van der Waals surface area contributed by atoms with Gasteiger partial charge in [-0.1, -0.05) is 87.5 Å². The molecule has 0 aromatic carbocycles. The van der Waals surface area contributed by atoms with Crippen LogP contribution in [-0.4, -0.2) is 0 Å².